The van der Waals surface area contributed by atoms with E-state index in [1.54, 1.807) is 0 Å². The number of hydrogen-bond acceptors (Lipinski definition) is 5. The molecule has 0 aromatic rings. The van der Waals surface area contributed by atoms with Crippen LogP contribution < -0.4 is 0 Å². The second-order valence-corrected chi connectivity index (χ2v) is 14.2. The maximum Gasteiger partial charge on any atom is 0.317 e. The third kappa shape index (κ3) is 27.2. The van der Waals surface area contributed by atoms with Crippen molar-refractivity contribution in [3.05, 3.63) is 24.3 Å². The fourth-order valence-electron chi connectivity index (χ4n) is 6.55. The van der Waals surface area contributed by atoms with Crippen molar-refractivity contribution in [2.45, 2.75) is 218 Å². The minimum Gasteiger partial charge on any atom is -0.481 e. The van der Waals surface area contributed by atoms with E-state index in [0.717, 1.165) is 25.7 Å². The molecule has 0 aromatic carbocycles. The second kappa shape index (κ2) is 32.5. The summed E-state index contributed by atoms with van der Waals surface area (Å²) >= 11 is 0. The number of unbranched alkanes of at least 4 members (excludes halogenated alkanes) is 22. The molecule has 1 aliphatic heterocycles. The normalized spacial score (nSPS) is 16.0. The quantitative estimate of drug-likeness (QED) is 0.0311. The van der Waals surface area contributed by atoms with Gasteiger partial charge in [-0.15, -0.1) is 0 Å². The van der Waals surface area contributed by atoms with Gasteiger partial charge in [0.2, 0.25) is 0 Å². The Labute approximate surface area is 296 Å². The molecule has 1 N–H and O–H groups in total. The average molecular weight is 677 g/mol. The molecule has 1 aliphatic rings. The Morgan fingerprint density at radius 2 is 1.02 bits per heavy atom. The lowest BCUT2D eigenvalue weighted by atomic mass is 9.99. The molecule has 6 heteroatoms. The number of carbonyl (C=O) groups excluding carboxylic acids is 1. The molecular formula is C42H76O6. The van der Waals surface area contributed by atoms with Gasteiger partial charge in [-0.25, -0.2) is 0 Å². The van der Waals surface area contributed by atoms with E-state index in [-0.39, 0.29) is 12.7 Å². The lowest BCUT2D eigenvalue weighted by molar-refractivity contribution is -0.181. The van der Waals surface area contributed by atoms with Crippen molar-refractivity contribution in [1.29, 1.82) is 0 Å². The number of carboxylic acids is 1. The maximum absolute atomic E-state index is 11.6. The highest BCUT2D eigenvalue weighted by Gasteiger charge is 2.40. The van der Waals surface area contributed by atoms with E-state index in [2.05, 4.69) is 38.2 Å². The lowest BCUT2D eigenvalue weighted by Gasteiger charge is -2.28. The summed E-state index contributed by atoms with van der Waals surface area (Å²) in [6.07, 6.45) is 44.6. The zero-order valence-electron chi connectivity index (χ0n) is 31.5. The summed E-state index contributed by atoms with van der Waals surface area (Å²) in [6.45, 7) is 5.21. The molecule has 0 amide bonds. The molecule has 6 nitrogen and oxygen atoms in total. The van der Waals surface area contributed by atoms with Crippen molar-refractivity contribution >= 4 is 11.9 Å². The van der Waals surface area contributed by atoms with Crippen molar-refractivity contribution < 1.29 is 28.9 Å². The summed E-state index contributed by atoms with van der Waals surface area (Å²) in [5, 5.41) is 8.77. The Balaban J connectivity index is 2.26. The number of rotatable bonds is 35. The molecule has 0 radical (unpaired) electrons. The number of esters is 1. The van der Waals surface area contributed by atoms with Crippen LogP contribution in [0.5, 0.6) is 0 Å². The van der Waals surface area contributed by atoms with Crippen LogP contribution in [0.1, 0.15) is 206 Å². The number of aliphatic carboxylic acids is 1. The van der Waals surface area contributed by atoms with Gasteiger partial charge in [-0.05, 0) is 64.2 Å². The highest BCUT2D eigenvalue weighted by atomic mass is 16.7. The Morgan fingerprint density at radius 1 is 0.625 bits per heavy atom. The Morgan fingerprint density at radius 3 is 1.44 bits per heavy atom. The van der Waals surface area contributed by atoms with E-state index in [4.69, 9.17) is 19.3 Å². The highest BCUT2D eigenvalue weighted by Crippen LogP contribution is 2.35. The lowest BCUT2D eigenvalue weighted by Crippen LogP contribution is -2.31. The molecule has 48 heavy (non-hydrogen) atoms. The fourth-order valence-corrected chi connectivity index (χ4v) is 6.55. The van der Waals surface area contributed by atoms with Gasteiger partial charge in [-0.3, -0.25) is 9.59 Å². The summed E-state index contributed by atoms with van der Waals surface area (Å²) in [6, 6.07) is 0. The molecule has 1 heterocycles. The predicted octanol–water partition coefficient (Wildman–Crippen LogP) is 12.6. The fraction of sp³-hybridized carbons (Fsp3) is 0.857. The number of allylic oxidation sites excluding steroid dienone is 4. The van der Waals surface area contributed by atoms with Crippen LogP contribution in [0.3, 0.4) is 0 Å². The van der Waals surface area contributed by atoms with E-state index in [1.807, 2.05) is 0 Å². The third-order valence-electron chi connectivity index (χ3n) is 9.55. The van der Waals surface area contributed by atoms with Crippen LogP contribution in [0.4, 0.5) is 0 Å². The van der Waals surface area contributed by atoms with Gasteiger partial charge in [0.1, 0.15) is 6.42 Å². The maximum atomic E-state index is 11.6. The molecule has 1 rings (SSSR count). The van der Waals surface area contributed by atoms with Crippen LogP contribution in [0, 0.1) is 0 Å². The van der Waals surface area contributed by atoms with Crippen LogP contribution in [0.25, 0.3) is 0 Å². The molecule has 1 fully saturated rings. The minimum atomic E-state index is -1.17. The Bertz CT molecular complexity index is 766. The molecule has 280 valence electrons. The summed E-state index contributed by atoms with van der Waals surface area (Å²) in [4.78, 5) is 22.3. The van der Waals surface area contributed by atoms with Crippen LogP contribution in [-0.2, 0) is 23.8 Å². The second-order valence-electron chi connectivity index (χ2n) is 14.2. The first-order chi connectivity index (χ1) is 23.5. The molecule has 0 saturated carbocycles. The van der Waals surface area contributed by atoms with Gasteiger partial charge in [0.15, 0.2) is 5.79 Å². The van der Waals surface area contributed by atoms with Gasteiger partial charge in [0.05, 0.1) is 19.3 Å². The molecule has 0 bridgehead atoms. The minimum absolute atomic E-state index is 0.117. The van der Waals surface area contributed by atoms with Gasteiger partial charge in [-0.2, -0.15) is 0 Å². The third-order valence-corrected chi connectivity index (χ3v) is 9.55. The molecular weight excluding hydrogens is 600 g/mol. The number of hydrogen-bond donors (Lipinski definition) is 1. The smallest absolute Gasteiger partial charge is 0.317 e. The number of carboxylic acid groups (broad SMARTS) is 1. The van der Waals surface area contributed by atoms with E-state index >= 15 is 0 Å². The van der Waals surface area contributed by atoms with E-state index in [0.29, 0.717) is 13.0 Å². The van der Waals surface area contributed by atoms with E-state index in [1.165, 1.54) is 154 Å². The highest BCUT2D eigenvalue weighted by molar-refractivity contribution is 5.90. The van der Waals surface area contributed by atoms with Crippen molar-refractivity contribution in [2.24, 2.45) is 0 Å². The molecule has 0 aliphatic carbocycles. The SMILES string of the molecule is CCCCCCCC/C=C\CCCCCCCC1(CCCCCCC/C=C\CCCCCCCC)OCC(CCOC(=O)CC(=O)O)O1. The topological polar surface area (TPSA) is 82.1 Å². The van der Waals surface area contributed by atoms with Gasteiger partial charge in [0.25, 0.3) is 0 Å². The standard InChI is InChI=1S/C42H76O6/c1-3-5-7-9-11-13-15-17-19-21-23-25-27-29-31-34-42(47-38-39(48-42)33-36-46-41(45)37-40(43)44)35-32-30-28-26-24-22-20-18-16-14-12-10-8-6-4-2/h17-20,39H,3-16,21-38H2,1-2H3,(H,43,44)/b19-17-,20-18-. The largest absolute Gasteiger partial charge is 0.481 e. The first-order valence-electron chi connectivity index (χ1n) is 20.5. The molecule has 1 atom stereocenters. The van der Waals surface area contributed by atoms with Gasteiger partial charge < -0.3 is 19.3 Å². The molecule has 1 unspecified atom stereocenters. The van der Waals surface area contributed by atoms with Crippen molar-refractivity contribution in [3.63, 3.8) is 0 Å². The van der Waals surface area contributed by atoms with Crippen LogP contribution in [-0.4, -0.2) is 42.1 Å². The Hall–Kier alpha value is -1.66. The van der Waals surface area contributed by atoms with Gasteiger partial charge >= 0.3 is 11.9 Å². The number of carbonyl (C=O) groups is 2. The van der Waals surface area contributed by atoms with Crippen LogP contribution in [0.15, 0.2) is 24.3 Å². The summed E-state index contributed by atoms with van der Waals surface area (Å²) in [7, 11) is 0. The van der Waals surface area contributed by atoms with Crippen molar-refractivity contribution in [2.75, 3.05) is 13.2 Å². The van der Waals surface area contributed by atoms with Crippen LogP contribution in [0.2, 0.25) is 0 Å². The summed E-state index contributed by atoms with van der Waals surface area (Å²) in [5.74, 6) is -2.40. The monoisotopic (exact) mass is 677 g/mol. The summed E-state index contributed by atoms with van der Waals surface area (Å²) < 4.78 is 17.9. The Kier molecular flexibility index (Phi) is 30.1. The van der Waals surface area contributed by atoms with Crippen LogP contribution >= 0.6 is 0 Å². The zero-order chi connectivity index (χ0) is 34.8. The molecule has 0 spiro atoms. The van der Waals surface area contributed by atoms with E-state index in [9.17, 15) is 9.59 Å². The predicted molar refractivity (Wildman–Crippen MR) is 200 cm³/mol. The zero-order valence-corrected chi connectivity index (χ0v) is 31.5. The van der Waals surface area contributed by atoms with Crippen molar-refractivity contribution in [1.82, 2.24) is 0 Å². The first-order valence-corrected chi connectivity index (χ1v) is 20.5. The first kappa shape index (κ1) is 44.4. The van der Waals surface area contributed by atoms with Crippen molar-refractivity contribution in [3.8, 4) is 0 Å². The number of ether oxygens (including phenoxy) is 3. The molecule has 0 aromatic heterocycles. The average Bonchev–Trinajstić information content (AvgIpc) is 3.47. The van der Waals surface area contributed by atoms with Gasteiger partial charge in [-0.1, -0.05) is 141 Å². The van der Waals surface area contributed by atoms with E-state index < -0.39 is 24.1 Å². The molecule has 1 saturated heterocycles. The summed E-state index contributed by atoms with van der Waals surface area (Å²) in [5.41, 5.74) is 0. The van der Waals surface area contributed by atoms with Gasteiger partial charge in [0, 0.05) is 19.3 Å².